The molecule has 1 aromatic carbocycles. The van der Waals surface area contributed by atoms with Gasteiger partial charge in [0.25, 0.3) is 0 Å². The summed E-state index contributed by atoms with van der Waals surface area (Å²) in [5.74, 6) is -1.21. The molecule has 21 heavy (non-hydrogen) atoms. The lowest BCUT2D eigenvalue weighted by Crippen LogP contribution is -2.28. The minimum absolute atomic E-state index is 0.0883. The summed E-state index contributed by atoms with van der Waals surface area (Å²) >= 11 is 5.76. The Labute approximate surface area is 127 Å². The van der Waals surface area contributed by atoms with E-state index in [1.807, 2.05) is 0 Å². The smallest absolute Gasteiger partial charge is 0.305 e. The molecule has 0 saturated carbocycles. The first-order valence-electron chi connectivity index (χ1n) is 5.97. The van der Waals surface area contributed by atoms with Crippen molar-refractivity contribution < 1.29 is 22.3 Å². The molecular weight excluding hydrogens is 323 g/mol. The Morgan fingerprint density at radius 3 is 2.67 bits per heavy atom. The van der Waals surface area contributed by atoms with Gasteiger partial charge in [-0.15, -0.1) is 0 Å². The molecule has 0 amide bonds. The number of nitrogen functional groups attached to an aromatic ring is 1. The topological polar surface area (TPSA) is 89.7 Å². The van der Waals surface area contributed by atoms with Gasteiger partial charge in [0.05, 0.1) is 17.8 Å². The van der Waals surface area contributed by atoms with Gasteiger partial charge in [0.1, 0.15) is 10.7 Å². The molecule has 0 aliphatic heterocycles. The third kappa shape index (κ3) is 4.29. The normalized spacial score (nSPS) is 11.7. The first-order valence-corrected chi connectivity index (χ1v) is 7.79. The van der Waals surface area contributed by atoms with Crippen LogP contribution in [0.15, 0.2) is 17.0 Å². The van der Waals surface area contributed by atoms with Crippen LogP contribution in [0.1, 0.15) is 12.8 Å². The van der Waals surface area contributed by atoms with Crippen molar-refractivity contribution in [2.75, 3.05) is 26.4 Å². The fourth-order valence-corrected chi connectivity index (χ4v) is 3.31. The van der Waals surface area contributed by atoms with Crippen LogP contribution in [0.5, 0.6) is 0 Å². The van der Waals surface area contributed by atoms with Crippen LogP contribution in [0.2, 0.25) is 5.02 Å². The van der Waals surface area contributed by atoms with Crippen LogP contribution in [-0.4, -0.2) is 39.4 Å². The zero-order chi connectivity index (χ0) is 16.2. The summed E-state index contributed by atoms with van der Waals surface area (Å²) in [7, 11) is -1.32. The average molecular weight is 339 g/mol. The van der Waals surface area contributed by atoms with Gasteiger partial charge >= 0.3 is 5.97 Å². The number of benzene rings is 1. The molecule has 1 aromatic rings. The molecule has 0 unspecified atom stereocenters. The maximum atomic E-state index is 13.2. The largest absolute Gasteiger partial charge is 0.469 e. The number of halogens is 2. The first-order chi connectivity index (χ1) is 9.70. The van der Waals surface area contributed by atoms with E-state index in [1.54, 1.807) is 0 Å². The maximum Gasteiger partial charge on any atom is 0.305 e. The van der Waals surface area contributed by atoms with E-state index in [0.717, 1.165) is 16.4 Å². The van der Waals surface area contributed by atoms with Gasteiger partial charge in [-0.25, -0.2) is 17.1 Å². The van der Waals surface area contributed by atoms with Crippen molar-refractivity contribution in [3.63, 3.8) is 0 Å². The highest BCUT2D eigenvalue weighted by Crippen LogP contribution is 2.28. The van der Waals surface area contributed by atoms with Gasteiger partial charge in [0.2, 0.25) is 10.0 Å². The molecule has 6 nitrogen and oxygen atoms in total. The fourth-order valence-electron chi connectivity index (χ4n) is 1.58. The zero-order valence-electron chi connectivity index (χ0n) is 11.6. The predicted molar refractivity (Wildman–Crippen MR) is 76.9 cm³/mol. The number of nitrogens with zero attached hydrogens (tertiary/aromatic N) is 1. The Bertz CT molecular complexity index is 636. The average Bonchev–Trinajstić information content (AvgIpc) is 2.42. The van der Waals surface area contributed by atoms with Crippen molar-refractivity contribution >= 4 is 33.3 Å². The highest BCUT2D eigenvalue weighted by atomic mass is 35.5. The monoisotopic (exact) mass is 338 g/mol. The Kier molecular flexibility index (Phi) is 5.94. The Hall–Kier alpha value is -1.38. The minimum atomic E-state index is -3.91. The number of hydrogen-bond donors (Lipinski definition) is 1. The molecule has 9 heteroatoms. The SMILES string of the molecule is COC(=O)CCCN(C)S(=O)(=O)c1cc(N)c(F)cc1Cl. The quantitative estimate of drug-likeness (QED) is 0.629. The predicted octanol–water partition coefficient (Wildman–Crippen LogP) is 1.63. The molecule has 1 rings (SSSR count). The molecule has 0 spiro atoms. The van der Waals surface area contributed by atoms with Gasteiger partial charge in [-0.3, -0.25) is 4.79 Å². The lowest BCUT2D eigenvalue weighted by molar-refractivity contribution is -0.140. The molecule has 2 N–H and O–H groups in total. The van der Waals surface area contributed by atoms with Gasteiger partial charge in [-0.05, 0) is 18.6 Å². The van der Waals surface area contributed by atoms with Crippen molar-refractivity contribution in [2.24, 2.45) is 0 Å². The third-order valence-corrected chi connectivity index (χ3v) is 5.14. The molecule has 118 valence electrons. The molecule has 0 fully saturated rings. The van der Waals surface area contributed by atoms with Crippen LogP contribution < -0.4 is 5.73 Å². The van der Waals surface area contributed by atoms with Gasteiger partial charge < -0.3 is 10.5 Å². The van der Waals surface area contributed by atoms with Gasteiger partial charge in [0, 0.05) is 20.0 Å². The Morgan fingerprint density at radius 2 is 2.10 bits per heavy atom. The van der Waals surface area contributed by atoms with Crippen LogP contribution in [0.3, 0.4) is 0 Å². The summed E-state index contributed by atoms with van der Waals surface area (Å²) in [6, 6.07) is 1.83. The van der Waals surface area contributed by atoms with E-state index in [2.05, 4.69) is 4.74 Å². The van der Waals surface area contributed by atoms with E-state index in [-0.39, 0.29) is 35.0 Å². The number of carbonyl (C=O) groups excluding carboxylic acids is 1. The van der Waals surface area contributed by atoms with Crippen molar-refractivity contribution in [3.05, 3.63) is 23.0 Å². The second-order valence-electron chi connectivity index (χ2n) is 4.31. The van der Waals surface area contributed by atoms with Gasteiger partial charge in [0.15, 0.2) is 0 Å². The molecule has 0 aliphatic carbocycles. The molecule has 0 saturated heterocycles. The number of methoxy groups -OCH3 is 1. The van der Waals surface area contributed by atoms with Crippen molar-refractivity contribution in [2.45, 2.75) is 17.7 Å². The summed E-state index contributed by atoms with van der Waals surface area (Å²) in [6.07, 6.45) is 0.381. The number of nitrogens with two attached hydrogens (primary N) is 1. The van der Waals surface area contributed by atoms with E-state index in [9.17, 15) is 17.6 Å². The Morgan fingerprint density at radius 1 is 1.48 bits per heavy atom. The second kappa shape index (κ2) is 7.06. The molecule has 0 heterocycles. The first kappa shape index (κ1) is 17.7. The van der Waals surface area contributed by atoms with E-state index < -0.39 is 21.8 Å². The molecule has 0 atom stereocenters. The van der Waals surface area contributed by atoms with Crippen LogP contribution in [0, 0.1) is 5.82 Å². The van der Waals surface area contributed by atoms with Crippen molar-refractivity contribution in [1.29, 1.82) is 0 Å². The third-order valence-electron chi connectivity index (χ3n) is 2.82. The standard InChI is InChI=1S/C12H16ClFN2O4S/c1-16(5-3-4-12(17)20-2)21(18,19)11-7-10(15)9(14)6-8(11)13/h6-7H,3-5,15H2,1-2H3. The lowest BCUT2D eigenvalue weighted by atomic mass is 10.3. The van der Waals surface area contributed by atoms with Crippen LogP contribution in [0.4, 0.5) is 10.1 Å². The van der Waals surface area contributed by atoms with Gasteiger partial charge in [-0.1, -0.05) is 11.6 Å². The highest BCUT2D eigenvalue weighted by Gasteiger charge is 2.25. The summed E-state index contributed by atoms with van der Waals surface area (Å²) in [4.78, 5) is 10.7. The number of hydrogen-bond acceptors (Lipinski definition) is 5. The summed E-state index contributed by atoms with van der Waals surface area (Å²) < 4.78 is 43.3. The lowest BCUT2D eigenvalue weighted by Gasteiger charge is -2.18. The number of carbonyl (C=O) groups is 1. The molecule has 0 bridgehead atoms. The maximum absolute atomic E-state index is 13.2. The zero-order valence-corrected chi connectivity index (χ0v) is 13.2. The number of ether oxygens (including phenoxy) is 1. The van der Waals surface area contributed by atoms with Gasteiger partial charge in [-0.2, -0.15) is 0 Å². The van der Waals surface area contributed by atoms with Crippen LogP contribution in [-0.2, 0) is 19.6 Å². The molecule has 0 radical (unpaired) electrons. The Balaban J connectivity index is 2.90. The molecule has 0 aromatic heterocycles. The highest BCUT2D eigenvalue weighted by molar-refractivity contribution is 7.89. The van der Waals surface area contributed by atoms with E-state index in [0.29, 0.717) is 0 Å². The number of esters is 1. The van der Waals surface area contributed by atoms with E-state index >= 15 is 0 Å². The van der Waals surface area contributed by atoms with Crippen LogP contribution >= 0.6 is 11.6 Å². The summed E-state index contributed by atoms with van der Waals surface area (Å²) in [5.41, 5.74) is 5.06. The van der Waals surface area contributed by atoms with E-state index in [1.165, 1.54) is 14.2 Å². The second-order valence-corrected chi connectivity index (χ2v) is 6.73. The van der Waals surface area contributed by atoms with E-state index in [4.69, 9.17) is 17.3 Å². The number of rotatable bonds is 6. The van der Waals surface area contributed by atoms with Crippen molar-refractivity contribution in [3.8, 4) is 0 Å². The number of anilines is 1. The molecule has 0 aliphatic rings. The summed E-state index contributed by atoms with van der Waals surface area (Å²) in [5, 5.41) is -0.249. The van der Waals surface area contributed by atoms with Crippen LogP contribution in [0.25, 0.3) is 0 Å². The number of sulfonamides is 1. The fraction of sp³-hybridized carbons (Fsp3) is 0.417. The minimum Gasteiger partial charge on any atom is -0.469 e. The molecular formula is C12H16ClFN2O4S. The summed E-state index contributed by atoms with van der Waals surface area (Å²) in [6.45, 7) is 0.0883. The van der Waals surface area contributed by atoms with Crippen molar-refractivity contribution in [1.82, 2.24) is 4.31 Å².